The number of rotatable bonds is 3. The van der Waals surface area contributed by atoms with Crippen LogP contribution in [-0.4, -0.2) is 12.8 Å². The van der Waals surface area contributed by atoms with Crippen LogP contribution in [-0.2, 0) is 4.79 Å². The number of ether oxygens (including phenoxy) is 1. The molecule has 1 rings (SSSR count). The Bertz CT molecular complexity index is 448. The van der Waals surface area contributed by atoms with Crippen molar-refractivity contribution in [3.05, 3.63) is 35.4 Å². The summed E-state index contributed by atoms with van der Waals surface area (Å²) in [5.41, 5.74) is 1.54. The molecule has 0 saturated heterocycles. The highest BCUT2D eigenvalue weighted by atomic mass is 16.5. The van der Waals surface area contributed by atoms with Gasteiger partial charge in [-0.15, -0.1) is 0 Å². The number of allylic oxidation sites excluding steroid dienone is 1. The van der Waals surface area contributed by atoms with Crippen LogP contribution in [0.25, 0.3) is 6.08 Å². The molecule has 0 fully saturated rings. The van der Waals surface area contributed by atoms with Crippen LogP contribution < -0.4 is 4.74 Å². The van der Waals surface area contributed by atoms with Crippen molar-refractivity contribution in [2.75, 3.05) is 7.04 Å². The molecule has 1 aromatic rings. The Morgan fingerprint density at radius 2 is 2.36 bits per heavy atom. The summed E-state index contributed by atoms with van der Waals surface area (Å²) in [4.78, 5) is 10.8. The molecule has 74 valence electrons. The number of benzene rings is 1. The van der Waals surface area contributed by atoms with Gasteiger partial charge in [0, 0.05) is 0 Å². The number of hydrogen-bond acceptors (Lipinski definition) is 2. The third-order valence-corrected chi connectivity index (χ3v) is 1.82. The molecule has 0 bridgehead atoms. The third kappa shape index (κ3) is 2.73. The minimum Gasteiger partial charge on any atom is -0.496 e. The molecule has 0 atom stereocenters. The van der Waals surface area contributed by atoms with Gasteiger partial charge < -0.3 is 4.74 Å². The first-order valence-corrected chi connectivity index (χ1v) is 4.26. The molecule has 1 aromatic carbocycles. The van der Waals surface area contributed by atoms with Crippen LogP contribution in [0.15, 0.2) is 24.3 Å². The Balaban J connectivity index is 2.90. The molecule has 0 aliphatic rings. The van der Waals surface area contributed by atoms with E-state index < -0.39 is 7.04 Å². The molecule has 0 amide bonds. The lowest BCUT2D eigenvalue weighted by molar-refractivity contribution is -0.112. The average molecular weight is 193 g/mol. The van der Waals surface area contributed by atoms with Crippen molar-refractivity contribution in [1.82, 2.24) is 0 Å². The summed E-state index contributed by atoms with van der Waals surface area (Å²) in [6.45, 7) is 3.22. The standard InChI is InChI=1S/C12H14O2/c1-9-8-11(5-4-10(2)13)6-7-12(9)14-3/h4-8H,1-3H3/b5-4-/i3D3. The first-order chi connectivity index (χ1) is 7.78. The summed E-state index contributed by atoms with van der Waals surface area (Å²) in [5.74, 6) is 0.287. The third-order valence-electron chi connectivity index (χ3n) is 1.82. The minimum absolute atomic E-state index is 0.0366. The first kappa shape index (κ1) is 6.82. The summed E-state index contributed by atoms with van der Waals surface area (Å²) in [5, 5.41) is 0. The molecule has 0 saturated carbocycles. The molecule has 0 heterocycles. The maximum Gasteiger partial charge on any atom is 0.152 e. The zero-order valence-corrected chi connectivity index (χ0v) is 8.20. The second-order valence-electron chi connectivity index (χ2n) is 3.07. The van der Waals surface area contributed by atoms with E-state index in [4.69, 9.17) is 8.85 Å². The van der Waals surface area contributed by atoms with Crippen LogP contribution in [0.1, 0.15) is 22.2 Å². The van der Waals surface area contributed by atoms with E-state index in [9.17, 15) is 4.79 Å². The van der Waals surface area contributed by atoms with Crippen LogP contribution in [0.2, 0.25) is 0 Å². The van der Waals surface area contributed by atoms with Crippen molar-refractivity contribution in [3.8, 4) is 5.75 Å². The van der Waals surface area contributed by atoms with Crippen molar-refractivity contribution in [1.29, 1.82) is 0 Å². The fraction of sp³-hybridized carbons (Fsp3) is 0.250. The molecular formula is C12H14O2. The number of hydrogen-bond donors (Lipinski definition) is 0. The first-order valence-electron chi connectivity index (χ1n) is 5.76. The molecule has 14 heavy (non-hydrogen) atoms. The van der Waals surface area contributed by atoms with Gasteiger partial charge in [0.15, 0.2) is 5.78 Å². The second-order valence-corrected chi connectivity index (χ2v) is 3.07. The molecule has 0 spiro atoms. The largest absolute Gasteiger partial charge is 0.496 e. The topological polar surface area (TPSA) is 26.3 Å². The smallest absolute Gasteiger partial charge is 0.152 e. The van der Waals surface area contributed by atoms with Crippen molar-refractivity contribution in [2.24, 2.45) is 0 Å². The minimum atomic E-state index is -2.44. The summed E-state index contributed by atoms with van der Waals surface area (Å²) >= 11 is 0. The van der Waals surface area contributed by atoms with Gasteiger partial charge in [-0.25, -0.2) is 0 Å². The molecule has 2 heteroatoms. The maximum atomic E-state index is 10.8. The Hall–Kier alpha value is -1.57. The number of aryl methyl sites for hydroxylation is 1. The van der Waals surface area contributed by atoms with E-state index in [2.05, 4.69) is 0 Å². The van der Waals surface area contributed by atoms with Crippen LogP contribution in [0, 0.1) is 6.92 Å². The predicted octanol–water partition coefficient (Wildman–Crippen LogP) is 2.61. The van der Waals surface area contributed by atoms with Gasteiger partial charge in [0.05, 0.1) is 11.2 Å². The highest BCUT2D eigenvalue weighted by Crippen LogP contribution is 2.18. The van der Waals surface area contributed by atoms with Crippen molar-refractivity contribution in [2.45, 2.75) is 13.8 Å². The Morgan fingerprint density at radius 1 is 1.57 bits per heavy atom. The summed E-state index contributed by atoms with van der Waals surface area (Å²) in [7, 11) is -2.44. The normalized spacial score (nSPS) is 14.6. The SMILES string of the molecule is [2H]C([2H])([2H])Oc1ccc(/C=C\C(C)=O)cc1C. The second kappa shape index (κ2) is 4.61. The zero-order chi connectivity index (χ0) is 13.1. The van der Waals surface area contributed by atoms with Gasteiger partial charge in [-0.1, -0.05) is 12.1 Å². The fourth-order valence-corrected chi connectivity index (χ4v) is 1.10. The van der Waals surface area contributed by atoms with Gasteiger partial charge in [-0.05, 0) is 43.2 Å². The van der Waals surface area contributed by atoms with E-state index in [-0.39, 0.29) is 5.78 Å². The van der Waals surface area contributed by atoms with Crippen LogP contribution in [0.5, 0.6) is 5.75 Å². The quantitative estimate of drug-likeness (QED) is 0.690. The van der Waals surface area contributed by atoms with E-state index in [0.29, 0.717) is 11.3 Å². The number of carbonyl (C=O) groups is 1. The van der Waals surface area contributed by atoms with Crippen LogP contribution >= 0.6 is 0 Å². The molecule has 0 aromatic heterocycles. The lowest BCUT2D eigenvalue weighted by Gasteiger charge is -2.04. The number of ketones is 1. The van der Waals surface area contributed by atoms with E-state index in [1.807, 2.05) is 0 Å². The van der Waals surface area contributed by atoms with Gasteiger partial charge in [-0.2, -0.15) is 0 Å². The maximum absolute atomic E-state index is 10.8. The lowest BCUT2D eigenvalue weighted by Crippen LogP contribution is -1.87. The van der Waals surface area contributed by atoms with Crippen molar-refractivity contribution in [3.63, 3.8) is 0 Å². The molecule has 0 unspecified atom stereocenters. The fourth-order valence-electron chi connectivity index (χ4n) is 1.10. The molecule has 0 aliphatic carbocycles. The van der Waals surface area contributed by atoms with E-state index in [1.54, 1.807) is 31.2 Å². The van der Waals surface area contributed by atoms with Crippen LogP contribution in [0.3, 0.4) is 0 Å². The predicted molar refractivity (Wildman–Crippen MR) is 57.4 cm³/mol. The van der Waals surface area contributed by atoms with Crippen LogP contribution in [0.4, 0.5) is 0 Å². The number of methoxy groups -OCH3 is 1. The van der Waals surface area contributed by atoms with Gasteiger partial charge in [0.25, 0.3) is 0 Å². The van der Waals surface area contributed by atoms with E-state index in [1.165, 1.54) is 13.0 Å². The highest BCUT2D eigenvalue weighted by molar-refractivity contribution is 5.91. The van der Waals surface area contributed by atoms with E-state index in [0.717, 1.165) is 5.56 Å². The van der Waals surface area contributed by atoms with Gasteiger partial charge in [-0.3, -0.25) is 4.79 Å². The van der Waals surface area contributed by atoms with E-state index >= 15 is 0 Å². The van der Waals surface area contributed by atoms with Crippen molar-refractivity contribution < 1.29 is 13.6 Å². The highest BCUT2D eigenvalue weighted by Gasteiger charge is 1.97. The molecule has 0 aliphatic heterocycles. The Labute approximate surface area is 88.4 Å². The molecule has 0 radical (unpaired) electrons. The molecule has 0 N–H and O–H groups in total. The molecule has 2 nitrogen and oxygen atoms in total. The summed E-state index contributed by atoms with van der Waals surface area (Å²) in [6, 6.07) is 5.05. The van der Waals surface area contributed by atoms with Crippen molar-refractivity contribution >= 4 is 11.9 Å². The lowest BCUT2D eigenvalue weighted by atomic mass is 10.1. The summed E-state index contributed by atoms with van der Waals surface area (Å²) in [6.07, 6.45) is 3.13. The Kier molecular flexibility index (Phi) is 2.24. The average Bonchev–Trinajstić information content (AvgIpc) is 2.17. The van der Waals surface area contributed by atoms with Gasteiger partial charge in [0.1, 0.15) is 5.75 Å². The number of carbonyl (C=O) groups excluding carboxylic acids is 1. The summed E-state index contributed by atoms with van der Waals surface area (Å²) < 4.78 is 25.9. The Morgan fingerprint density at radius 3 is 2.93 bits per heavy atom. The monoisotopic (exact) mass is 193 g/mol. The van der Waals surface area contributed by atoms with Gasteiger partial charge in [0.2, 0.25) is 0 Å². The van der Waals surface area contributed by atoms with Gasteiger partial charge >= 0.3 is 0 Å². The zero-order valence-electron chi connectivity index (χ0n) is 11.2. The molecular weight excluding hydrogens is 176 g/mol.